The predicted molar refractivity (Wildman–Crippen MR) is 73.7 cm³/mol. The van der Waals surface area contributed by atoms with Crippen molar-refractivity contribution in [3.8, 4) is 5.75 Å². The van der Waals surface area contributed by atoms with E-state index in [1.807, 2.05) is 31.2 Å². The minimum atomic E-state index is -0.755. The van der Waals surface area contributed by atoms with Gasteiger partial charge in [0.2, 0.25) is 0 Å². The minimum absolute atomic E-state index is 0.188. The van der Waals surface area contributed by atoms with Gasteiger partial charge in [-0.25, -0.2) is 0 Å². The Bertz CT molecular complexity index is 425. The summed E-state index contributed by atoms with van der Waals surface area (Å²) in [5.74, 6) is 1.08. The van der Waals surface area contributed by atoms with Gasteiger partial charge in [-0.2, -0.15) is 0 Å². The number of aliphatic hydroxyl groups is 1. The highest BCUT2D eigenvalue weighted by Gasteiger charge is 2.49. The van der Waals surface area contributed by atoms with E-state index in [1.165, 1.54) is 0 Å². The van der Waals surface area contributed by atoms with E-state index in [0.29, 0.717) is 6.61 Å². The van der Waals surface area contributed by atoms with Crippen LogP contribution in [0.15, 0.2) is 24.3 Å². The topological polar surface area (TPSA) is 29.5 Å². The molecule has 1 aromatic carbocycles. The van der Waals surface area contributed by atoms with Crippen LogP contribution in [0.3, 0.4) is 0 Å². The Hall–Kier alpha value is -1.02. The fraction of sp³-hybridized carbons (Fsp3) is 0.625. The van der Waals surface area contributed by atoms with Gasteiger partial charge in [0, 0.05) is 5.56 Å². The van der Waals surface area contributed by atoms with Crippen molar-refractivity contribution in [2.45, 2.75) is 46.1 Å². The van der Waals surface area contributed by atoms with E-state index >= 15 is 0 Å². The molecule has 1 fully saturated rings. The third-order valence-corrected chi connectivity index (χ3v) is 4.08. The van der Waals surface area contributed by atoms with Gasteiger partial charge in [-0.15, -0.1) is 0 Å². The van der Waals surface area contributed by atoms with Crippen LogP contribution in [0.5, 0.6) is 5.75 Å². The number of hydrogen-bond acceptors (Lipinski definition) is 2. The zero-order valence-electron chi connectivity index (χ0n) is 11.9. The Labute approximate surface area is 110 Å². The van der Waals surface area contributed by atoms with Crippen LogP contribution in [-0.2, 0) is 5.60 Å². The van der Waals surface area contributed by atoms with E-state index < -0.39 is 5.60 Å². The maximum atomic E-state index is 11.1. The molecule has 0 spiro atoms. The van der Waals surface area contributed by atoms with Gasteiger partial charge in [0.05, 0.1) is 12.2 Å². The summed E-state index contributed by atoms with van der Waals surface area (Å²) in [5.41, 5.74) is 0.382. The molecule has 1 aliphatic rings. The lowest BCUT2D eigenvalue weighted by Crippen LogP contribution is -2.29. The molecule has 2 atom stereocenters. The molecule has 2 nitrogen and oxygen atoms in total. The van der Waals surface area contributed by atoms with E-state index in [9.17, 15) is 5.11 Å². The van der Waals surface area contributed by atoms with Crippen LogP contribution in [0.25, 0.3) is 0 Å². The van der Waals surface area contributed by atoms with Gasteiger partial charge in [0.15, 0.2) is 0 Å². The Morgan fingerprint density at radius 1 is 1.33 bits per heavy atom. The second-order valence-corrected chi connectivity index (χ2v) is 6.30. The number of hydrogen-bond donors (Lipinski definition) is 1. The quantitative estimate of drug-likeness (QED) is 0.883. The predicted octanol–water partition coefficient (Wildman–Crippen LogP) is 3.73. The van der Waals surface area contributed by atoms with E-state index in [-0.39, 0.29) is 11.3 Å². The Morgan fingerprint density at radius 3 is 2.56 bits per heavy atom. The molecule has 0 aliphatic heterocycles. The molecule has 0 amide bonds. The number of ether oxygens (including phenoxy) is 1. The van der Waals surface area contributed by atoms with Gasteiger partial charge >= 0.3 is 0 Å². The maximum absolute atomic E-state index is 11.1. The lowest BCUT2D eigenvalue weighted by Gasteiger charge is -2.30. The molecule has 1 saturated carbocycles. The summed E-state index contributed by atoms with van der Waals surface area (Å²) in [6, 6.07) is 7.90. The number of rotatable bonds is 3. The molecule has 2 rings (SSSR count). The SMILES string of the molecule is CCOc1ccccc1C1(O)CC(C)(C)CC1C. The van der Waals surface area contributed by atoms with Crippen molar-refractivity contribution < 1.29 is 9.84 Å². The van der Waals surface area contributed by atoms with Crippen LogP contribution in [0.2, 0.25) is 0 Å². The second kappa shape index (κ2) is 4.58. The first-order valence-electron chi connectivity index (χ1n) is 6.84. The summed E-state index contributed by atoms with van der Waals surface area (Å²) in [4.78, 5) is 0. The smallest absolute Gasteiger partial charge is 0.125 e. The molecule has 0 heterocycles. The fourth-order valence-electron chi connectivity index (χ4n) is 3.44. The van der Waals surface area contributed by atoms with E-state index in [2.05, 4.69) is 20.8 Å². The van der Waals surface area contributed by atoms with Crippen molar-refractivity contribution >= 4 is 0 Å². The van der Waals surface area contributed by atoms with Gasteiger partial charge in [0.25, 0.3) is 0 Å². The molecule has 100 valence electrons. The summed E-state index contributed by atoms with van der Waals surface area (Å²) in [7, 11) is 0. The normalized spacial score (nSPS) is 30.4. The summed E-state index contributed by atoms with van der Waals surface area (Å²) in [6.07, 6.45) is 1.84. The maximum Gasteiger partial charge on any atom is 0.125 e. The summed E-state index contributed by atoms with van der Waals surface area (Å²) in [5, 5.41) is 11.1. The lowest BCUT2D eigenvalue weighted by atomic mass is 9.83. The summed E-state index contributed by atoms with van der Waals surface area (Å²) >= 11 is 0. The molecular formula is C16H24O2. The first kappa shape index (κ1) is 13.4. The van der Waals surface area contributed by atoms with Crippen molar-refractivity contribution in [3.05, 3.63) is 29.8 Å². The van der Waals surface area contributed by atoms with Crippen LogP contribution in [0.1, 0.15) is 46.1 Å². The first-order valence-corrected chi connectivity index (χ1v) is 6.84. The Morgan fingerprint density at radius 2 is 2.00 bits per heavy atom. The Balaban J connectivity index is 2.41. The molecule has 0 radical (unpaired) electrons. The third-order valence-electron chi connectivity index (χ3n) is 4.08. The average Bonchev–Trinajstić information content (AvgIpc) is 2.49. The molecule has 0 aromatic heterocycles. The highest BCUT2D eigenvalue weighted by Crippen LogP contribution is 2.54. The molecule has 1 N–H and O–H groups in total. The van der Waals surface area contributed by atoms with E-state index in [0.717, 1.165) is 24.2 Å². The summed E-state index contributed by atoms with van der Waals surface area (Å²) in [6.45, 7) is 9.20. The van der Waals surface area contributed by atoms with Crippen LogP contribution in [-0.4, -0.2) is 11.7 Å². The van der Waals surface area contributed by atoms with Crippen LogP contribution in [0, 0.1) is 11.3 Å². The van der Waals surface area contributed by atoms with E-state index in [1.54, 1.807) is 0 Å². The number of para-hydroxylation sites is 1. The fourth-order valence-corrected chi connectivity index (χ4v) is 3.44. The molecule has 1 aliphatic carbocycles. The monoisotopic (exact) mass is 248 g/mol. The van der Waals surface area contributed by atoms with Crippen LogP contribution in [0.4, 0.5) is 0 Å². The van der Waals surface area contributed by atoms with Gasteiger partial charge in [-0.05, 0) is 37.2 Å². The highest BCUT2D eigenvalue weighted by molar-refractivity contribution is 5.39. The van der Waals surface area contributed by atoms with Crippen molar-refractivity contribution in [2.24, 2.45) is 11.3 Å². The average molecular weight is 248 g/mol. The number of benzene rings is 1. The van der Waals surface area contributed by atoms with Crippen molar-refractivity contribution in [1.29, 1.82) is 0 Å². The zero-order chi connectivity index (χ0) is 13.4. The lowest BCUT2D eigenvalue weighted by molar-refractivity contribution is -0.00322. The zero-order valence-corrected chi connectivity index (χ0v) is 11.9. The van der Waals surface area contributed by atoms with Gasteiger partial charge in [-0.1, -0.05) is 39.0 Å². The molecular weight excluding hydrogens is 224 g/mol. The standard InChI is InChI=1S/C16H24O2/c1-5-18-14-9-7-6-8-13(14)16(17)11-15(3,4)10-12(16)2/h6-9,12,17H,5,10-11H2,1-4H3. The van der Waals surface area contributed by atoms with E-state index in [4.69, 9.17) is 4.74 Å². The minimum Gasteiger partial charge on any atom is -0.493 e. The van der Waals surface area contributed by atoms with Crippen molar-refractivity contribution in [2.75, 3.05) is 6.61 Å². The summed E-state index contributed by atoms with van der Waals surface area (Å²) < 4.78 is 5.67. The third kappa shape index (κ3) is 2.26. The van der Waals surface area contributed by atoms with Crippen molar-refractivity contribution in [1.82, 2.24) is 0 Å². The largest absolute Gasteiger partial charge is 0.493 e. The first-order chi connectivity index (χ1) is 8.39. The van der Waals surface area contributed by atoms with Crippen molar-refractivity contribution in [3.63, 3.8) is 0 Å². The van der Waals surface area contributed by atoms with Crippen LogP contribution >= 0.6 is 0 Å². The molecule has 18 heavy (non-hydrogen) atoms. The molecule has 2 unspecified atom stereocenters. The second-order valence-electron chi connectivity index (χ2n) is 6.30. The highest BCUT2D eigenvalue weighted by atomic mass is 16.5. The molecule has 0 saturated heterocycles. The van der Waals surface area contributed by atoms with Crippen LogP contribution < -0.4 is 4.74 Å². The van der Waals surface area contributed by atoms with Gasteiger partial charge in [-0.3, -0.25) is 0 Å². The van der Waals surface area contributed by atoms with Gasteiger partial charge in [0.1, 0.15) is 5.75 Å². The van der Waals surface area contributed by atoms with Gasteiger partial charge < -0.3 is 9.84 Å². The molecule has 2 heteroatoms. The Kier molecular flexibility index (Phi) is 3.41. The molecule has 0 bridgehead atoms. The molecule has 1 aromatic rings.